The molecule has 1 aromatic carbocycles. The number of aryl methyl sites for hydroxylation is 1. The number of nitrogen functional groups attached to an aromatic ring is 1. The van der Waals surface area contributed by atoms with Crippen molar-refractivity contribution in [2.45, 2.75) is 6.92 Å². The number of rotatable bonds is 3. The van der Waals surface area contributed by atoms with E-state index in [1.165, 1.54) is 6.07 Å². The molecule has 1 amide bonds. The van der Waals surface area contributed by atoms with Gasteiger partial charge >= 0.3 is 0 Å². The van der Waals surface area contributed by atoms with E-state index in [1.807, 2.05) is 25.1 Å². The van der Waals surface area contributed by atoms with Gasteiger partial charge in [-0.25, -0.2) is 4.98 Å². The van der Waals surface area contributed by atoms with E-state index >= 15 is 0 Å². The fraction of sp³-hybridized carbons (Fsp3) is 0.0769. The Morgan fingerprint density at radius 2 is 2.05 bits per heavy atom. The molecule has 0 aliphatic carbocycles. The van der Waals surface area contributed by atoms with E-state index in [-0.39, 0.29) is 5.69 Å². The van der Waals surface area contributed by atoms with Gasteiger partial charge in [-0.15, -0.1) is 0 Å². The van der Waals surface area contributed by atoms with E-state index < -0.39 is 5.91 Å². The summed E-state index contributed by atoms with van der Waals surface area (Å²) in [5.41, 5.74) is 13.6. The van der Waals surface area contributed by atoms with E-state index in [0.29, 0.717) is 11.5 Å². The molecule has 0 radical (unpaired) electrons. The van der Waals surface area contributed by atoms with Gasteiger partial charge in [0.05, 0.1) is 11.4 Å². The lowest BCUT2D eigenvalue weighted by Gasteiger charge is -2.11. The SMILES string of the molecule is Cc1ccc(Nc2nc(C(N)=O)ccc2N)c(Br)c1. The van der Waals surface area contributed by atoms with Gasteiger partial charge in [-0.1, -0.05) is 6.07 Å². The second-order valence-electron chi connectivity index (χ2n) is 4.11. The maximum atomic E-state index is 11.1. The predicted molar refractivity (Wildman–Crippen MR) is 79.3 cm³/mol. The number of carbonyl (C=O) groups excluding carboxylic acids is 1. The number of nitrogens with two attached hydrogens (primary N) is 2. The Bertz CT molecular complexity index is 643. The lowest BCUT2D eigenvalue weighted by Crippen LogP contribution is -2.14. The molecule has 1 heterocycles. The first kappa shape index (κ1) is 13.4. The Kier molecular flexibility index (Phi) is 3.71. The molecule has 5 nitrogen and oxygen atoms in total. The third kappa shape index (κ3) is 3.03. The van der Waals surface area contributed by atoms with Crippen molar-refractivity contribution in [3.8, 4) is 0 Å². The first-order valence-corrected chi connectivity index (χ1v) is 6.36. The lowest BCUT2D eigenvalue weighted by atomic mass is 10.2. The zero-order valence-electron chi connectivity index (χ0n) is 10.3. The fourth-order valence-electron chi connectivity index (χ4n) is 1.56. The van der Waals surface area contributed by atoms with Crippen molar-refractivity contribution in [1.82, 2.24) is 4.98 Å². The number of nitrogens with one attached hydrogen (secondary N) is 1. The van der Waals surface area contributed by atoms with Gasteiger partial charge in [0.15, 0.2) is 5.82 Å². The molecule has 0 spiro atoms. The van der Waals surface area contributed by atoms with E-state index in [9.17, 15) is 4.79 Å². The molecule has 5 N–H and O–H groups in total. The van der Waals surface area contributed by atoms with Crippen LogP contribution in [0.3, 0.4) is 0 Å². The van der Waals surface area contributed by atoms with Crippen molar-refractivity contribution in [1.29, 1.82) is 0 Å². The van der Waals surface area contributed by atoms with Crippen LogP contribution in [0.25, 0.3) is 0 Å². The minimum Gasteiger partial charge on any atom is -0.396 e. The number of aromatic nitrogens is 1. The Morgan fingerprint density at radius 3 is 2.68 bits per heavy atom. The van der Waals surface area contributed by atoms with Gasteiger partial charge in [-0.3, -0.25) is 4.79 Å². The first-order chi connectivity index (χ1) is 8.97. The van der Waals surface area contributed by atoms with Crippen LogP contribution in [0, 0.1) is 6.92 Å². The summed E-state index contributed by atoms with van der Waals surface area (Å²) in [6.45, 7) is 1.99. The highest BCUT2D eigenvalue weighted by atomic mass is 79.9. The molecule has 0 unspecified atom stereocenters. The summed E-state index contributed by atoms with van der Waals surface area (Å²) >= 11 is 3.45. The molecule has 0 saturated heterocycles. The number of hydrogen-bond acceptors (Lipinski definition) is 4. The molecule has 0 fully saturated rings. The van der Waals surface area contributed by atoms with Crippen LogP contribution in [0.15, 0.2) is 34.8 Å². The van der Waals surface area contributed by atoms with Crippen LogP contribution in [-0.4, -0.2) is 10.9 Å². The van der Waals surface area contributed by atoms with Crippen LogP contribution >= 0.6 is 15.9 Å². The molecule has 1 aromatic heterocycles. The molecule has 0 bridgehead atoms. The van der Waals surface area contributed by atoms with Gasteiger partial charge in [0, 0.05) is 4.47 Å². The van der Waals surface area contributed by atoms with Crippen LogP contribution in [0.5, 0.6) is 0 Å². The van der Waals surface area contributed by atoms with E-state index in [0.717, 1.165) is 15.7 Å². The molecule has 0 atom stereocenters. The molecule has 6 heteroatoms. The average molecular weight is 321 g/mol. The topological polar surface area (TPSA) is 94.0 Å². The van der Waals surface area contributed by atoms with Gasteiger partial charge in [-0.2, -0.15) is 0 Å². The molecule has 19 heavy (non-hydrogen) atoms. The predicted octanol–water partition coefficient (Wildman–Crippen LogP) is 2.58. The summed E-state index contributed by atoms with van der Waals surface area (Å²) in [6.07, 6.45) is 0. The molecular weight excluding hydrogens is 308 g/mol. The Morgan fingerprint density at radius 1 is 1.32 bits per heavy atom. The highest BCUT2D eigenvalue weighted by Gasteiger charge is 2.09. The maximum absolute atomic E-state index is 11.1. The van der Waals surface area contributed by atoms with Gasteiger partial charge < -0.3 is 16.8 Å². The Hall–Kier alpha value is -2.08. The van der Waals surface area contributed by atoms with E-state index in [2.05, 4.69) is 26.2 Å². The number of benzene rings is 1. The van der Waals surface area contributed by atoms with E-state index in [4.69, 9.17) is 11.5 Å². The smallest absolute Gasteiger partial charge is 0.267 e. The average Bonchev–Trinajstić information content (AvgIpc) is 2.34. The molecule has 0 saturated carbocycles. The number of anilines is 3. The number of primary amides is 1. The third-order valence-electron chi connectivity index (χ3n) is 2.56. The number of hydrogen-bond donors (Lipinski definition) is 3. The number of carbonyl (C=O) groups is 1. The Balaban J connectivity index is 2.37. The molecule has 0 aliphatic rings. The zero-order valence-corrected chi connectivity index (χ0v) is 11.9. The number of nitrogens with zero attached hydrogens (tertiary/aromatic N) is 1. The van der Waals surface area contributed by atoms with Gasteiger partial charge in [0.1, 0.15) is 5.69 Å². The largest absolute Gasteiger partial charge is 0.396 e. The van der Waals surface area contributed by atoms with Gasteiger partial charge in [0.25, 0.3) is 5.91 Å². The number of halogens is 1. The molecule has 0 aliphatic heterocycles. The quantitative estimate of drug-likeness (QED) is 0.810. The summed E-state index contributed by atoms with van der Waals surface area (Å²) in [6, 6.07) is 8.92. The van der Waals surface area contributed by atoms with Crippen LogP contribution < -0.4 is 16.8 Å². The highest BCUT2D eigenvalue weighted by Crippen LogP contribution is 2.28. The Labute approximate surface area is 119 Å². The minimum atomic E-state index is -0.592. The molecule has 2 aromatic rings. The number of amides is 1. The second kappa shape index (κ2) is 5.27. The summed E-state index contributed by atoms with van der Waals surface area (Å²) in [5, 5.41) is 3.07. The second-order valence-corrected chi connectivity index (χ2v) is 4.96. The summed E-state index contributed by atoms with van der Waals surface area (Å²) in [7, 11) is 0. The van der Waals surface area contributed by atoms with Crippen LogP contribution in [0.4, 0.5) is 17.2 Å². The molecular formula is C13H13BrN4O. The molecule has 2 rings (SSSR count). The van der Waals surface area contributed by atoms with Crippen LogP contribution in [-0.2, 0) is 0 Å². The summed E-state index contributed by atoms with van der Waals surface area (Å²) < 4.78 is 0.887. The van der Waals surface area contributed by atoms with Crippen molar-refractivity contribution < 1.29 is 4.79 Å². The standard InChI is InChI=1S/C13H13BrN4O/c1-7-2-4-10(8(14)6-7)17-13-9(15)3-5-11(18-13)12(16)19/h2-6H,15H2,1H3,(H2,16,19)(H,17,18). The highest BCUT2D eigenvalue weighted by molar-refractivity contribution is 9.10. The maximum Gasteiger partial charge on any atom is 0.267 e. The summed E-state index contributed by atoms with van der Waals surface area (Å²) in [4.78, 5) is 15.2. The normalized spacial score (nSPS) is 10.2. The summed E-state index contributed by atoms with van der Waals surface area (Å²) in [5.74, 6) is -0.188. The van der Waals surface area contributed by atoms with Crippen LogP contribution in [0.1, 0.15) is 16.1 Å². The van der Waals surface area contributed by atoms with Crippen molar-refractivity contribution in [3.05, 3.63) is 46.1 Å². The lowest BCUT2D eigenvalue weighted by molar-refractivity contribution is 0.0996. The van der Waals surface area contributed by atoms with Crippen LogP contribution in [0.2, 0.25) is 0 Å². The monoisotopic (exact) mass is 320 g/mol. The van der Waals surface area contributed by atoms with Crippen molar-refractivity contribution in [2.24, 2.45) is 5.73 Å². The molecule has 98 valence electrons. The van der Waals surface area contributed by atoms with Crippen molar-refractivity contribution in [2.75, 3.05) is 11.1 Å². The van der Waals surface area contributed by atoms with Crippen molar-refractivity contribution in [3.63, 3.8) is 0 Å². The van der Waals surface area contributed by atoms with E-state index in [1.54, 1.807) is 6.07 Å². The fourth-order valence-corrected chi connectivity index (χ4v) is 2.15. The van der Waals surface area contributed by atoms with Gasteiger partial charge in [-0.05, 0) is 52.7 Å². The third-order valence-corrected chi connectivity index (χ3v) is 3.21. The minimum absolute atomic E-state index is 0.167. The first-order valence-electron chi connectivity index (χ1n) is 5.57. The zero-order chi connectivity index (χ0) is 14.0. The van der Waals surface area contributed by atoms with Crippen molar-refractivity contribution >= 4 is 39.0 Å². The number of pyridine rings is 1. The van der Waals surface area contributed by atoms with Gasteiger partial charge in [0.2, 0.25) is 0 Å².